The first-order chi connectivity index (χ1) is 17.5. The predicted octanol–water partition coefficient (Wildman–Crippen LogP) is 4.44. The molecule has 196 valence electrons. The summed E-state index contributed by atoms with van der Waals surface area (Å²) in [6, 6.07) is 21.8. The van der Waals surface area contributed by atoms with Gasteiger partial charge in [0.15, 0.2) is 0 Å². The highest BCUT2D eigenvalue weighted by atomic mass is 32.2. The molecule has 0 heterocycles. The number of benzene rings is 3. The second kappa shape index (κ2) is 12.1. The van der Waals surface area contributed by atoms with E-state index >= 15 is 0 Å². The van der Waals surface area contributed by atoms with Crippen LogP contribution in [-0.2, 0) is 26.2 Å². The molecule has 0 spiro atoms. The Balaban J connectivity index is 2.01. The maximum atomic E-state index is 13.8. The van der Waals surface area contributed by atoms with Gasteiger partial charge in [-0.2, -0.15) is 0 Å². The van der Waals surface area contributed by atoms with Crippen molar-refractivity contribution in [3.63, 3.8) is 0 Å². The molecule has 0 fully saturated rings. The van der Waals surface area contributed by atoms with E-state index in [0.717, 1.165) is 21.0 Å². The minimum Gasteiger partial charge on any atom is -0.352 e. The fourth-order valence-corrected chi connectivity index (χ4v) is 5.39. The SMILES string of the molecule is Cc1ccc(N(CC(=O)N(Cc2cccc(C)c2)[C@@H](C)C(=O)NC(C)C)S(=O)(=O)c2ccccc2)cc1. The molecule has 37 heavy (non-hydrogen) atoms. The van der Waals surface area contributed by atoms with Crippen molar-refractivity contribution < 1.29 is 18.0 Å². The van der Waals surface area contributed by atoms with Gasteiger partial charge in [-0.3, -0.25) is 13.9 Å². The molecule has 0 aliphatic carbocycles. The van der Waals surface area contributed by atoms with Crippen LogP contribution in [0.4, 0.5) is 5.69 Å². The lowest BCUT2D eigenvalue weighted by Gasteiger charge is -2.32. The number of aryl methyl sites for hydroxylation is 2. The monoisotopic (exact) mass is 521 g/mol. The lowest BCUT2D eigenvalue weighted by atomic mass is 10.1. The molecule has 2 amide bonds. The van der Waals surface area contributed by atoms with Gasteiger partial charge in [0, 0.05) is 12.6 Å². The van der Waals surface area contributed by atoms with Crippen molar-refractivity contribution in [2.45, 2.75) is 58.1 Å². The van der Waals surface area contributed by atoms with Gasteiger partial charge in [0.05, 0.1) is 10.6 Å². The Morgan fingerprint density at radius 1 is 0.838 bits per heavy atom. The summed E-state index contributed by atoms with van der Waals surface area (Å²) in [6.07, 6.45) is 0. The van der Waals surface area contributed by atoms with Crippen molar-refractivity contribution in [3.8, 4) is 0 Å². The van der Waals surface area contributed by atoms with Crippen molar-refractivity contribution >= 4 is 27.5 Å². The van der Waals surface area contributed by atoms with Crippen molar-refractivity contribution in [2.75, 3.05) is 10.8 Å². The third-order valence-electron chi connectivity index (χ3n) is 5.97. The first kappa shape index (κ1) is 27.9. The van der Waals surface area contributed by atoms with Crippen molar-refractivity contribution in [3.05, 3.63) is 95.6 Å². The third kappa shape index (κ3) is 7.20. The van der Waals surface area contributed by atoms with Gasteiger partial charge in [0.2, 0.25) is 11.8 Å². The average Bonchev–Trinajstić information content (AvgIpc) is 2.86. The average molecular weight is 522 g/mol. The van der Waals surface area contributed by atoms with Crippen LogP contribution in [-0.4, -0.2) is 43.8 Å². The van der Waals surface area contributed by atoms with E-state index in [2.05, 4.69) is 5.32 Å². The molecule has 1 atom stereocenters. The molecule has 0 saturated heterocycles. The second-order valence-corrected chi connectivity index (χ2v) is 11.4. The lowest BCUT2D eigenvalue weighted by Crippen LogP contribution is -2.52. The number of hydrogen-bond donors (Lipinski definition) is 1. The summed E-state index contributed by atoms with van der Waals surface area (Å²) in [5.41, 5.74) is 3.22. The van der Waals surface area contributed by atoms with Crippen LogP contribution in [0.2, 0.25) is 0 Å². The Morgan fingerprint density at radius 2 is 1.49 bits per heavy atom. The zero-order chi connectivity index (χ0) is 27.2. The molecule has 0 radical (unpaired) electrons. The molecule has 1 N–H and O–H groups in total. The molecule has 0 aromatic heterocycles. The molecule has 0 aliphatic rings. The highest BCUT2D eigenvalue weighted by molar-refractivity contribution is 7.92. The molecular weight excluding hydrogens is 486 g/mol. The smallest absolute Gasteiger partial charge is 0.264 e. The Morgan fingerprint density at radius 3 is 2.08 bits per heavy atom. The van der Waals surface area contributed by atoms with Crippen LogP contribution in [0.5, 0.6) is 0 Å². The van der Waals surface area contributed by atoms with Crippen molar-refractivity contribution in [1.29, 1.82) is 0 Å². The molecule has 3 aromatic carbocycles. The van der Waals surface area contributed by atoms with E-state index in [4.69, 9.17) is 0 Å². The summed E-state index contributed by atoms with van der Waals surface area (Å²) in [5, 5.41) is 2.86. The number of anilines is 1. The summed E-state index contributed by atoms with van der Waals surface area (Å²) in [6.45, 7) is 8.94. The highest BCUT2D eigenvalue weighted by Crippen LogP contribution is 2.25. The van der Waals surface area contributed by atoms with Crippen LogP contribution in [0.1, 0.15) is 37.5 Å². The van der Waals surface area contributed by atoms with E-state index in [9.17, 15) is 18.0 Å². The third-order valence-corrected chi connectivity index (χ3v) is 7.75. The van der Waals surface area contributed by atoms with Crippen molar-refractivity contribution in [1.82, 2.24) is 10.2 Å². The van der Waals surface area contributed by atoms with Gasteiger partial charge < -0.3 is 10.2 Å². The highest BCUT2D eigenvalue weighted by Gasteiger charge is 2.32. The maximum Gasteiger partial charge on any atom is 0.264 e. The Labute approximate surface area is 220 Å². The molecule has 3 aromatic rings. The number of nitrogens with one attached hydrogen (secondary N) is 1. The number of hydrogen-bond acceptors (Lipinski definition) is 4. The predicted molar refractivity (Wildman–Crippen MR) is 147 cm³/mol. The number of rotatable bonds is 10. The Bertz CT molecular complexity index is 1320. The second-order valence-electron chi connectivity index (χ2n) is 9.51. The van der Waals surface area contributed by atoms with E-state index in [1.54, 1.807) is 49.4 Å². The van der Waals surface area contributed by atoms with Crippen LogP contribution >= 0.6 is 0 Å². The topological polar surface area (TPSA) is 86.8 Å². The van der Waals surface area contributed by atoms with Crippen LogP contribution in [0, 0.1) is 13.8 Å². The normalized spacial score (nSPS) is 12.2. The summed E-state index contributed by atoms with van der Waals surface area (Å²) < 4.78 is 28.5. The number of carbonyl (C=O) groups excluding carboxylic acids is 2. The van der Waals surface area contributed by atoms with Crippen LogP contribution in [0.3, 0.4) is 0 Å². The summed E-state index contributed by atoms with van der Waals surface area (Å²) >= 11 is 0. The quantitative estimate of drug-likeness (QED) is 0.427. The van der Waals surface area contributed by atoms with Crippen LogP contribution < -0.4 is 9.62 Å². The molecule has 0 aliphatic heterocycles. The first-order valence-electron chi connectivity index (χ1n) is 12.3. The molecule has 8 heteroatoms. The molecule has 3 rings (SSSR count). The Hall–Kier alpha value is -3.65. The molecule has 0 bridgehead atoms. The molecule has 0 saturated carbocycles. The van der Waals surface area contributed by atoms with Gasteiger partial charge in [-0.1, -0.05) is 65.7 Å². The minimum atomic E-state index is -4.05. The fourth-order valence-electron chi connectivity index (χ4n) is 3.95. The summed E-state index contributed by atoms with van der Waals surface area (Å²) in [5.74, 6) is -0.781. The minimum absolute atomic E-state index is 0.0826. The molecule has 7 nitrogen and oxygen atoms in total. The van der Waals surface area contributed by atoms with Crippen LogP contribution in [0.15, 0.2) is 83.8 Å². The Kier molecular flexibility index (Phi) is 9.10. The van der Waals surface area contributed by atoms with Gasteiger partial charge in [-0.05, 0) is 64.4 Å². The largest absolute Gasteiger partial charge is 0.352 e. The standard InChI is InChI=1S/C29H35N3O4S/c1-21(2)30-29(34)24(5)31(19-25-11-9-10-23(4)18-25)28(33)20-32(26-16-14-22(3)15-17-26)37(35,36)27-12-7-6-8-13-27/h6-18,21,24H,19-20H2,1-5H3,(H,30,34)/t24-/m0/s1. The fraction of sp³-hybridized carbons (Fsp3) is 0.310. The number of carbonyl (C=O) groups is 2. The summed E-state index contributed by atoms with van der Waals surface area (Å²) in [7, 11) is -4.05. The van der Waals surface area contributed by atoms with Crippen molar-refractivity contribution in [2.24, 2.45) is 0 Å². The maximum absolute atomic E-state index is 13.8. The van der Waals surface area contributed by atoms with E-state index < -0.39 is 28.5 Å². The number of amides is 2. The molecular formula is C29H35N3O4S. The van der Waals surface area contributed by atoms with Gasteiger partial charge in [0.1, 0.15) is 12.6 Å². The zero-order valence-electron chi connectivity index (χ0n) is 22.0. The van der Waals surface area contributed by atoms with E-state index in [1.165, 1.54) is 17.0 Å². The van der Waals surface area contributed by atoms with Crippen LogP contribution in [0.25, 0.3) is 0 Å². The van der Waals surface area contributed by atoms with Gasteiger partial charge >= 0.3 is 0 Å². The number of nitrogens with zero attached hydrogens (tertiary/aromatic N) is 2. The van der Waals surface area contributed by atoms with Gasteiger partial charge in [-0.25, -0.2) is 8.42 Å². The van der Waals surface area contributed by atoms with E-state index in [0.29, 0.717) is 5.69 Å². The van der Waals surface area contributed by atoms with E-state index in [-0.39, 0.29) is 23.4 Å². The van der Waals surface area contributed by atoms with Gasteiger partial charge in [-0.15, -0.1) is 0 Å². The number of sulfonamides is 1. The zero-order valence-corrected chi connectivity index (χ0v) is 22.8. The first-order valence-corrected chi connectivity index (χ1v) is 13.7. The lowest BCUT2D eigenvalue weighted by molar-refractivity contribution is -0.139. The molecule has 0 unspecified atom stereocenters. The van der Waals surface area contributed by atoms with E-state index in [1.807, 2.05) is 52.0 Å². The van der Waals surface area contributed by atoms with Gasteiger partial charge in [0.25, 0.3) is 10.0 Å². The summed E-state index contributed by atoms with van der Waals surface area (Å²) in [4.78, 5) is 28.3.